The maximum atomic E-state index is 11.5. The first-order valence-electron chi connectivity index (χ1n) is 10.8. The first-order valence-corrected chi connectivity index (χ1v) is 10.8. The third kappa shape index (κ3) is 2.65. The summed E-state index contributed by atoms with van der Waals surface area (Å²) in [7, 11) is 0. The molecule has 0 saturated carbocycles. The molecule has 1 aromatic rings. The van der Waals surface area contributed by atoms with Crippen molar-refractivity contribution >= 4 is 0 Å². The zero-order chi connectivity index (χ0) is 17.6. The Labute approximate surface area is 157 Å². The van der Waals surface area contributed by atoms with E-state index in [-0.39, 0.29) is 17.6 Å². The molecule has 0 bridgehead atoms. The Kier molecular flexibility index (Phi) is 4.56. The molecule has 1 aromatic carbocycles. The first-order chi connectivity index (χ1) is 12.8. The fraction of sp³-hybridized carbons (Fsp3) is 0.727. The van der Waals surface area contributed by atoms with Gasteiger partial charge >= 0.3 is 0 Å². The minimum atomic E-state index is -0.259. The molecular weight excluding hydrogens is 322 g/mol. The van der Waals surface area contributed by atoms with Gasteiger partial charge in [0.1, 0.15) is 0 Å². The number of nitrogens with zero attached hydrogens (tertiary/aromatic N) is 2. The highest BCUT2D eigenvalue weighted by Gasteiger charge is 2.53. The Morgan fingerprint density at radius 1 is 0.923 bits per heavy atom. The topological polar surface area (TPSA) is 38.7 Å². The van der Waals surface area contributed by atoms with Crippen LogP contribution in [0.25, 0.3) is 0 Å². The zero-order valence-electron chi connectivity index (χ0n) is 15.9. The highest BCUT2D eigenvalue weighted by Crippen LogP contribution is 2.52. The average molecular weight is 356 g/mol. The van der Waals surface area contributed by atoms with Crippen molar-refractivity contribution in [2.75, 3.05) is 39.3 Å². The van der Waals surface area contributed by atoms with Crippen LogP contribution in [-0.4, -0.2) is 66.3 Å². The molecule has 0 unspecified atom stereocenters. The van der Waals surface area contributed by atoms with Crippen LogP contribution in [0, 0.1) is 0 Å². The van der Waals surface area contributed by atoms with Crippen LogP contribution in [0.5, 0.6) is 0 Å². The second kappa shape index (κ2) is 6.90. The van der Waals surface area contributed by atoms with E-state index in [0.717, 1.165) is 45.1 Å². The van der Waals surface area contributed by atoms with E-state index in [2.05, 4.69) is 39.4 Å². The molecule has 3 heterocycles. The summed E-state index contributed by atoms with van der Waals surface area (Å²) in [6.07, 6.45) is 7.15. The number of nitrogens with one attached hydrogen (secondary N) is 1. The summed E-state index contributed by atoms with van der Waals surface area (Å²) in [5, 5.41) is 15.0. The lowest BCUT2D eigenvalue weighted by atomic mass is 9.72. The summed E-state index contributed by atoms with van der Waals surface area (Å²) in [5.41, 5.74) is 2.81. The molecule has 5 rings (SSSR count). The third-order valence-electron chi connectivity index (χ3n) is 7.73. The second-order valence-corrected chi connectivity index (χ2v) is 8.89. The Morgan fingerprint density at radius 2 is 1.62 bits per heavy atom. The fourth-order valence-corrected chi connectivity index (χ4v) is 6.31. The number of rotatable bonds is 2. The minimum absolute atomic E-state index is 0.0295. The maximum Gasteiger partial charge on any atom is 0.0834 e. The highest BCUT2D eigenvalue weighted by molar-refractivity contribution is 5.45. The maximum absolute atomic E-state index is 11.5. The Bertz CT molecular complexity index is 628. The van der Waals surface area contributed by atoms with Gasteiger partial charge in [0.05, 0.1) is 12.1 Å². The van der Waals surface area contributed by atoms with Crippen molar-refractivity contribution < 1.29 is 5.11 Å². The van der Waals surface area contributed by atoms with Crippen LogP contribution in [0.1, 0.15) is 55.7 Å². The lowest BCUT2D eigenvalue weighted by molar-refractivity contribution is -0.0162. The second-order valence-electron chi connectivity index (χ2n) is 8.89. The molecule has 0 aromatic heterocycles. The van der Waals surface area contributed by atoms with Gasteiger partial charge in [0.15, 0.2) is 0 Å². The van der Waals surface area contributed by atoms with Crippen LogP contribution in [0.4, 0.5) is 0 Å². The molecule has 3 fully saturated rings. The van der Waals surface area contributed by atoms with Crippen LogP contribution < -0.4 is 5.32 Å². The summed E-state index contributed by atoms with van der Waals surface area (Å²) in [6.45, 7) is 6.91. The number of hydrogen-bond donors (Lipinski definition) is 2. The molecule has 4 aliphatic rings. The zero-order valence-corrected chi connectivity index (χ0v) is 15.9. The number of aliphatic hydroxyl groups is 1. The standard InChI is InChI=1S/C22H33N3O/c26-21-20(25-15-7-17(8-16-25)24-13-3-4-14-24)18-5-1-2-6-19(18)22(21)9-11-23-12-10-22/h1-2,5-6,17,20-21,23,26H,3-4,7-16H2/t20-,21+/m0/s1. The van der Waals surface area contributed by atoms with E-state index in [1.165, 1.54) is 49.9 Å². The monoisotopic (exact) mass is 355 g/mol. The van der Waals surface area contributed by atoms with Crippen LogP contribution in [-0.2, 0) is 5.41 Å². The molecule has 4 nitrogen and oxygen atoms in total. The summed E-state index contributed by atoms with van der Waals surface area (Å²) in [6, 6.07) is 9.87. The molecule has 1 spiro atoms. The largest absolute Gasteiger partial charge is 0.390 e. The summed E-state index contributed by atoms with van der Waals surface area (Å²) in [4.78, 5) is 5.32. The van der Waals surface area contributed by atoms with Crippen molar-refractivity contribution in [3.8, 4) is 0 Å². The smallest absolute Gasteiger partial charge is 0.0834 e. The van der Waals surface area contributed by atoms with Crippen molar-refractivity contribution in [2.24, 2.45) is 0 Å². The Hall–Kier alpha value is -0.940. The molecule has 1 aliphatic carbocycles. The molecule has 2 atom stereocenters. The minimum Gasteiger partial charge on any atom is -0.390 e. The highest BCUT2D eigenvalue weighted by atomic mass is 16.3. The van der Waals surface area contributed by atoms with Gasteiger partial charge in [-0.25, -0.2) is 0 Å². The average Bonchev–Trinajstić information content (AvgIpc) is 3.31. The molecular formula is C22H33N3O. The number of likely N-dealkylation sites (tertiary alicyclic amines) is 2. The molecule has 3 aliphatic heterocycles. The normalized spacial score (nSPS) is 33.0. The molecule has 2 N–H and O–H groups in total. The number of aliphatic hydroxyl groups excluding tert-OH is 1. The van der Waals surface area contributed by atoms with E-state index in [0.29, 0.717) is 0 Å². The van der Waals surface area contributed by atoms with Crippen molar-refractivity contribution in [3.63, 3.8) is 0 Å². The van der Waals surface area contributed by atoms with Crippen LogP contribution in [0.2, 0.25) is 0 Å². The van der Waals surface area contributed by atoms with Gasteiger partial charge in [0.2, 0.25) is 0 Å². The molecule has 142 valence electrons. The fourth-order valence-electron chi connectivity index (χ4n) is 6.31. The van der Waals surface area contributed by atoms with E-state index in [9.17, 15) is 5.11 Å². The number of benzene rings is 1. The Balaban J connectivity index is 1.37. The predicted molar refractivity (Wildman–Crippen MR) is 104 cm³/mol. The van der Waals surface area contributed by atoms with Gasteiger partial charge in [-0.3, -0.25) is 4.90 Å². The van der Waals surface area contributed by atoms with E-state index in [1.807, 2.05) is 0 Å². The lowest BCUT2D eigenvalue weighted by Crippen LogP contribution is -2.51. The number of hydrogen-bond acceptors (Lipinski definition) is 4. The van der Waals surface area contributed by atoms with Gasteiger partial charge in [0.25, 0.3) is 0 Å². The quantitative estimate of drug-likeness (QED) is 0.854. The predicted octanol–water partition coefficient (Wildman–Crippen LogP) is 2.28. The third-order valence-corrected chi connectivity index (χ3v) is 7.73. The van der Waals surface area contributed by atoms with Gasteiger partial charge < -0.3 is 15.3 Å². The Morgan fingerprint density at radius 3 is 2.35 bits per heavy atom. The summed E-state index contributed by atoms with van der Waals surface area (Å²) in [5.74, 6) is 0. The van der Waals surface area contributed by atoms with Crippen molar-refractivity contribution in [1.82, 2.24) is 15.1 Å². The van der Waals surface area contributed by atoms with Crippen LogP contribution >= 0.6 is 0 Å². The van der Waals surface area contributed by atoms with Crippen molar-refractivity contribution in [3.05, 3.63) is 35.4 Å². The lowest BCUT2D eigenvalue weighted by Gasteiger charge is -2.43. The van der Waals surface area contributed by atoms with Crippen molar-refractivity contribution in [1.29, 1.82) is 0 Å². The summed E-state index contributed by atoms with van der Waals surface area (Å²) >= 11 is 0. The number of piperidine rings is 2. The number of fused-ring (bicyclic) bond motifs is 2. The summed E-state index contributed by atoms with van der Waals surface area (Å²) < 4.78 is 0. The molecule has 0 amide bonds. The van der Waals surface area contributed by atoms with Crippen molar-refractivity contribution in [2.45, 2.75) is 62.1 Å². The van der Waals surface area contributed by atoms with Crippen LogP contribution in [0.15, 0.2) is 24.3 Å². The SMILES string of the molecule is O[C@@H]1[C@@H](N2CCC(N3CCCC3)CC2)c2ccccc2C12CCNCC2. The van der Waals surface area contributed by atoms with E-state index < -0.39 is 0 Å². The molecule has 3 saturated heterocycles. The van der Waals surface area contributed by atoms with Gasteiger partial charge in [-0.2, -0.15) is 0 Å². The van der Waals surface area contributed by atoms with Crippen LogP contribution in [0.3, 0.4) is 0 Å². The van der Waals surface area contributed by atoms with E-state index in [4.69, 9.17) is 0 Å². The van der Waals surface area contributed by atoms with E-state index >= 15 is 0 Å². The van der Waals surface area contributed by atoms with Gasteiger partial charge in [-0.15, -0.1) is 0 Å². The first kappa shape index (κ1) is 17.2. The van der Waals surface area contributed by atoms with E-state index in [1.54, 1.807) is 0 Å². The molecule has 4 heteroatoms. The van der Waals surface area contributed by atoms with Gasteiger partial charge in [-0.05, 0) is 75.8 Å². The molecule has 26 heavy (non-hydrogen) atoms. The van der Waals surface area contributed by atoms with Gasteiger partial charge in [0, 0.05) is 24.5 Å². The van der Waals surface area contributed by atoms with Gasteiger partial charge in [-0.1, -0.05) is 24.3 Å². The molecule has 0 radical (unpaired) electrons.